The van der Waals surface area contributed by atoms with Crippen LogP contribution in [-0.2, 0) is 57.0 Å². The van der Waals surface area contributed by atoms with Gasteiger partial charge in [0, 0.05) is 39.3 Å². The third kappa shape index (κ3) is 80.6. The zero-order chi connectivity index (χ0) is 49.8. The van der Waals surface area contributed by atoms with Gasteiger partial charge in [-0.15, -0.1) is 0 Å². The molecule has 0 aromatic heterocycles. The molecule has 0 aliphatic carbocycles. The number of aliphatic hydroxyl groups is 4. The maximum absolute atomic E-state index is 9.90. The second-order valence-electron chi connectivity index (χ2n) is 14.7. The third-order valence-corrected chi connectivity index (χ3v) is 7.73. The highest BCUT2D eigenvalue weighted by atomic mass is 16.8. The fraction of sp³-hybridized carbons (Fsp3) is 0.957. The van der Waals surface area contributed by atoms with E-state index in [4.69, 9.17) is 78.0 Å². The van der Waals surface area contributed by atoms with E-state index in [1.807, 2.05) is 13.8 Å². The third-order valence-electron chi connectivity index (χ3n) is 7.73. The molecule has 0 aliphatic rings. The van der Waals surface area contributed by atoms with E-state index in [2.05, 4.69) is 27.7 Å². The molecule has 0 aromatic carbocycles. The van der Waals surface area contributed by atoms with Gasteiger partial charge in [0.2, 0.25) is 0 Å². The first-order valence-electron chi connectivity index (χ1n) is 23.7. The predicted octanol–water partition coefficient (Wildman–Crippen LogP) is 8.33. The number of rotatable bonds is 39. The van der Waals surface area contributed by atoms with E-state index in [0.717, 1.165) is 51.7 Å². The van der Waals surface area contributed by atoms with Gasteiger partial charge in [0.25, 0.3) is 0 Å². The summed E-state index contributed by atoms with van der Waals surface area (Å²) in [6.45, 7) is 27.1. The van der Waals surface area contributed by atoms with Crippen molar-refractivity contribution in [3.05, 3.63) is 0 Å². The normalized spacial score (nSPS) is 14.6. The quantitative estimate of drug-likeness (QED) is 0.0250. The molecule has 0 bridgehead atoms. The number of unbranched alkanes of at least 4 members (excludes halogenated alkanes) is 9. The number of carboxylic acids is 2. The van der Waals surface area contributed by atoms with Gasteiger partial charge in [-0.1, -0.05) is 79.1 Å². The van der Waals surface area contributed by atoms with Crippen LogP contribution in [0.25, 0.3) is 0 Å². The Kier molecular flexibility index (Phi) is 64.1. The van der Waals surface area contributed by atoms with Gasteiger partial charge < -0.3 is 78.0 Å². The summed E-state index contributed by atoms with van der Waals surface area (Å²) in [7, 11) is 0. The minimum atomic E-state index is -0.870. The summed E-state index contributed by atoms with van der Waals surface area (Å²) in [6, 6.07) is 0. The number of aliphatic carboxylic acids is 2. The van der Waals surface area contributed by atoms with Crippen molar-refractivity contribution in [1.82, 2.24) is 0 Å². The molecule has 0 saturated heterocycles. The maximum atomic E-state index is 9.90. The molecule has 0 amide bonds. The molecule has 0 aromatic rings. The van der Waals surface area contributed by atoms with Gasteiger partial charge in [0.15, 0.2) is 50.3 Å². The van der Waals surface area contributed by atoms with Crippen molar-refractivity contribution in [2.75, 3.05) is 52.9 Å². The van der Waals surface area contributed by atoms with E-state index >= 15 is 0 Å². The average molecular weight is 939 g/mol. The van der Waals surface area contributed by atoms with Crippen LogP contribution in [0.2, 0.25) is 0 Å². The Hall–Kier alpha value is -1.62. The van der Waals surface area contributed by atoms with Crippen LogP contribution in [0.3, 0.4) is 0 Å². The van der Waals surface area contributed by atoms with Crippen LogP contribution in [0.15, 0.2) is 0 Å². The number of carbonyl (C=O) groups is 2. The van der Waals surface area contributed by atoms with Crippen LogP contribution >= 0.6 is 0 Å². The van der Waals surface area contributed by atoms with Crippen molar-refractivity contribution in [3.8, 4) is 0 Å². The fourth-order valence-electron chi connectivity index (χ4n) is 4.60. The molecule has 0 fully saturated rings. The Morgan fingerprint density at radius 1 is 0.344 bits per heavy atom. The summed E-state index contributed by atoms with van der Waals surface area (Å²) in [4.78, 5) is 19.8. The monoisotopic (exact) mass is 939 g/mol. The van der Waals surface area contributed by atoms with Gasteiger partial charge in [-0.2, -0.15) is 0 Å². The summed E-state index contributed by atoms with van der Waals surface area (Å²) in [5.41, 5.74) is 0. The fourth-order valence-corrected chi connectivity index (χ4v) is 4.60. The van der Waals surface area contributed by atoms with E-state index in [1.165, 1.54) is 38.5 Å². The molecular formula is C46H98O18. The first-order chi connectivity index (χ1) is 30.3. The zero-order valence-electron chi connectivity index (χ0n) is 42.2. The van der Waals surface area contributed by atoms with Gasteiger partial charge in [-0.25, -0.2) is 0 Å². The molecule has 0 rings (SSSR count). The molecule has 0 saturated carbocycles. The summed E-state index contributed by atoms with van der Waals surface area (Å²) in [6.07, 6.45) is 10.6. The second-order valence-corrected chi connectivity index (χ2v) is 14.7. The molecule has 18 heteroatoms. The van der Waals surface area contributed by atoms with Gasteiger partial charge in [0.05, 0.1) is 26.4 Å². The molecule has 6 N–H and O–H groups in total. The molecule has 64 heavy (non-hydrogen) atoms. The predicted molar refractivity (Wildman–Crippen MR) is 246 cm³/mol. The molecule has 18 nitrogen and oxygen atoms in total. The lowest BCUT2D eigenvalue weighted by Crippen LogP contribution is -2.25. The van der Waals surface area contributed by atoms with Crippen LogP contribution in [0, 0.1) is 0 Å². The van der Waals surface area contributed by atoms with E-state index < -0.39 is 49.7 Å². The highest BCUT2D eigenvalue weighted by Gasteiger charge is 2.12. The Morgan fingerprint density at radius 2 is 0.672 bits per heavy atom. The van der Waals surface area contributed by atoms with Crippen LogP contribution in [0.1, 0.15) is 186 Å². The van der Waals surface area contributed by atoms with Crippen molar-refractivity contribution in [1.29, 1.82) is 0 Å². The largest absolute Gasteiger partial charge is 0.481 e. The summed E-state index contributed by atoms with van der Waals surface area (Å²) in [5.74, 6) is -1.74. The SMILES string of the molecule is CCCCCCOCCOC(C)O.CCCCCCOCCOC(C)O.CCCCOC(C)OC(C)OC(C)O.CCCCOC(C)OC(C)OC(C)O.O=C(O)CCCCC(=O)O. The van der Waals surface area contributed by atoms with Crippen molar-refractivity contribution in [2.45, 2.75) is 236 Å². The first-order valence-corrected chi connectivity index (χ1v) is 23.7. The number of aliphatic hydroxyl groups excluding tert-OH is 4. The van der Waals surface area contributed by atoms with Gasteiger partial charge in [-0.05, 0) is 93.9 Å². The maximum Gasteiger partial charge on any atom is 0.303 e. The van der Waals surface area contributed by atoms with E-state index in [9.17, 15) is 9.59 Å². The average Bonchev–Trinajstić information content (AvgIpc) is 3.19. The highest BCUT2D eigenvalue weighted by Crippen LogP contribution is 2.06. The number of hydrogen-bond donors (Lipinski definition) is 6. The van der Waals surface area contributed by atoms with Crippen molar-refractivity contribution in [2.24, 2.45) is 0 Å². The summed E-state index contributed by atoms with van der Waals surface area (Å²) in [5, 5.41) is 51.6. The highest BCUT2D eigenvalue weighted by molar-refractivity contribution is 5.67. The van der Waals surface area contributed by atoms with Crippen LogP contribution in [-0.4, -0.2) is 146 Å². The Morgan fingerprint density at radius 3 is 0.938 bits per heavy atom. The summed E-state index contributed by atoms with van der Waals surface area (Å²) < 4.78 is 51.7. The topological polar surface area (TPSA) is 248 Å². The van der Waals surface area contributed by atoms with Crippen molar-refractivity contribution in [3.63, 3.8) is 0 Å². The standard InChI is InChI=1S/2C10H22O4.2C10H22O3.C6H10O4/c2*1-5-6-7-12-9(3)14-10(4)13-8(2)11;2*1-3-4-5-6-7-12-8-9-13-10(2)11;7-5(8)3-1-2-4-6(9)10/h2*8-11H,5-7H2,1-4H3;2*10-11H,3-9H2,1-2H3;1-4H2,(H,7,8)(H,9,10). The number of hydrogen-bond acceptors (Lipinski definition) is 16. The molecular weight excluding hydrogens is 840 g/mol. The molecule has 0 heterocycles. The lowest BCUT2D eigenvalue weighted by atomic mass is 10.2. The Labute approximate surface area is 387 Å². The molecule has 8 atom stereocenters. The van der Waals surface area contributed by atoms with Crippen LogP contribution < -0.4 is 0 Å². The minimum absolute atomic E-state index is 0.0628. The molecule has 0 spiro atoms. The van der Waals surface area contributed by atoms with E-state index in [-0.39, 0.29) is 25.4 Å². The minimum Gasteiger partial charge on any atom is -0.481 e. The molecule has 8 unspecified atom stereocenters. The van der Waals surface area contributed by atoms with Crippen molar-refractivity contribution < 1.29 is 87.6 Å². The molecule has 0 radical (unpaired) electrons. The van der Waals surface area contributed by atoms with Crippen molar-refractivity contribution >= 4 is 11.9 Å². The Balaban J connectivity index is -0.000000228. The first kappa shape index (κ1) is 71.4. The van der Waals surface area contributed by atoms with E-state index in [1.54, 1.807) is 41.5 Å². The van der Waals surface area contributed by atoms with Gasteiger partial charge >= 0.3 is 11.9 Å². The Bertz CT molecular complexity index is 827. The lowest BCUT2D eigenvalue weighted by Gasteiger charge is -2.20. The molecule has 0 aliphatic heterocycles. The van der Waals surface area contributed by atoms with Crippen LogP contribution in [0.4, 0.5) is 0 Å². The zero-order valence-corrected chi connectivity index (χ0v) is 42.2. The number of ether oxygens (including phenoxy) is 10. The smallest absolute Gasteiger partial charge is 0.303 e. The van der Waals surface area contributed by atoms with E-state index in [0.29, 0.717) is 52.5 Å². The summed E-state index contributed by atoms with van der Waals surface area (Å²) >= 11 is 0. The number of carboxylic acid groups (broad SMARTS) is 2. The van der Waals surface area contributed by atoms with Gasteiger partial charge in [-0.3, -0.25) is 9.59 Å². The van der Waals surface area contributed by atoms with Crippen LogP contribution in [0.5, 0.6) is 0 Å². The second kappa shape index (κ2) is 57.5. The molecule has 390 valence electrons. The lowest BCUT2D eigenvalue weighted by molar-refractivity contribution is -0.271. The van der Waals surface area contributed by atoms with Gasteiger partial charge in [0.1, 0.15) is 0 Å².